The quantitative estimate of drug-likeness (QED) is 0.923. The molecule has 0 aliphatic carbocycles. The van der Waals surface area contributed by atoms with Gasteiger partial charge in [-0.25, -0.2) is 0 Å². The molecule has 2 rings (SSSR count). The van der Waals surface area contributed by atoms with Crippen molar-refractivity contribution >= 4 is 27.5 Å². The normalized spacial score (nSPS) is 10.3. The molecule has 0 atom stereocenters. The number of nitrogens with one attached hydrogen (secondary N) is 1. The zero-order valence-corrected chi connectivity index (χ0v) is 11.0. The summed E-state index contributed by atoms with van der Waals surface area (Å²) in [5.41, 5.74) is 2.05. The molecule has 1 aromatic heterocycles. The van der Waals surface area contributed by atoms with Gasteiger partial charge in [0.1, 0.15) is 0 Å². The van der Waals surface area contributed by atoms with Crippen LogP contribution in [0.4, 0.5) is 5.69 Å². The van der Waals surface area contributed by atoms with Crippen LogP contribution in [0.3, 0.4) is 0 Å². The van der Waals surface area contributed by atoms with Crippen molar-refractivity contribution in [3.05, 3.63) is 40.1 Å². The Morgan fingerprint density at radius 2 is 2.24 bits per heavy atom. The summed E-state index contributed by atoms with van der Waals surface area (Å²) in [6.45, 7) is 1.93. The Balaban J connectivity index is 2.18. The van der Waals surface area contributed by atoms with Gasteiger partial charge in [-0.15, -0.1) is 5.10 Å². The Kier molecular flexibility index (Phi) is 3.23. The Morgan fingerprint density at radius 3 is 2.82 bits per heavy atom. The van der Waals surface area contributed by atoms with Gasteiger partial charge in [0.2, 0.25) is 0 Å². The summed E-state index contributed by atoms with van der Waals surface area (Å²) < 4.78 is 2.47. The van der Waals surface area contributed by atoms with E-state index in [4.69, 9.17) is 0 Å². The minimum atomic E-state index is -0.261. The van der Waals surface area contributed by atoms with Gasteiger partial charge in [-0.3, -0.25) is 9.48 Å². The fourth-order valence-electron chi connectivity index (χ4n) is 1.41. The molecule has 1 heterocycles. The highest BCUT2D eigenvalue weighted by Crippen LogP contribution is 2.20. The van der Waals surface area contributed by atoms with Crippen molar-refractivity contribution in [3.8, 4) is 0 Å². The summed E-state index contributed by atoms with van der Waals surface area (Å²) in [5.74, 6) is -0.261. The first-order chi connectivity index (χ1) is 8.06. The van der Waals surface area contributed by atoms with Crippen molar-refractivity contribution in [3.63, 3.8) is 0 Å². The van der Waals surface area contributed by atoms with E-state index in [1.54, 1.807) is 13.2 Å². The Labute approximate surface area is 107 Å². The van der Waals surface area contributed by atoms with Crippen LogP contribution in [0.25, 0.3) is 0 Å². The first-order valence-corrected chi connectivity index (χ1v) is 5.79. The van der Waals surface area contributed by atoms with E-state index in [1.807, 2.05) is 25.1 Å². The second kappa shape index (κ2) is 4.67. The highest BCUT2D eigenvalue weighted by Gasteiger charge is 2.11. The van der Waals surface area contributed by atoms with Crippen LogP contribution >= 0.6 is 15.9 Å². The molecule has 1 aromatic carbocycles. The molecule has 5 nitrogen and oxygen atoms in total. The number of carbonyl (C=O) groups excluding carboxylic acids is 1. The largest absolute Gasteiger partial charge is 0.320 e. The fourth-order valence-corrected chi connectivity index (χ4v) is 1.88. The number of aryl methyl sites for hydroxylation is 2. The predicted molar refractivity (Wildman–Crippen MR) is 67.8 cm³/mol. The highest BCUT2D eigenvalue weighted by molar-refractivity contribution is 9.10. The maximum Gasteiger partial charge on any atom is 0.277 e. The standard InChI is InChI=1S/C11H11BrN4O/c1-7-5-8(12)3-4-9(7)13-11(17)10-6-16(2)15-14-10/h3-6H,1-2H3,(H,13,17). The number of rotatable bonds is 2. The number of anilines is 1. The van der Waals surface area contributed by atoms with Gasteiger partial charge in [-0.1, -0.05) is 21.1 Å². The van der Waals surface area contributed by atoms with E-state index < -0.39 is 0 Å². The average molecular weight is 295 g/mol. The SMILES string of the molecule is Cc1cc(Br)ccc1NC(=O)c1cn(C)nn1. The minimum Gasteiger partial charge on any atom is -0.320 e. The van der Waals surface area contributed by atoms with Crippen LogP contribution in [0.15, 0.2) is 28.9 Å². The van der Waals surface area contributed by atoms with Crippen LogP contribution in [-0.4, -0.2) is 20.9 Å². The molecule has 0 bridgehead atoms. The molecule has 1 amide bonds. The second-order valence-corrected chi connectivity index (χ2v) is 4.61. The third-order valence-corrected chi connectivity index (χ3v) is 2.77. The Morgan fingerprint density at radius 1 is 1.47 bits per heavy atom. The van der Waals surface area contributed by atoms with Gasteiger partial charge in [0.15, 0.2) is 5.69 Å². The lowest BCUT2D eigenvalue weighted by molar-refractivity contribution is 0.102. The lowest BCUT2D eigenvalue weighted by atomic mass is 10.2. The van der Waals surface area contributed by atoms with Crippen LogP contribution in [0.1, 0.15) is 16.1 Å². The van der Waals surface area contributed by atoms with E-state index in [0.29, 0.717) is 5.69 Å². The molecule has 0 spiro atoms. The first-order valence-electron chi connectivity index (χ1n) is 5.00. The zero-order chi connectivity index (χ0) is 12.4. The van der Waals surface area contributed by atoms with Crippen molar-refractivity contribution in [2.24, 2.45) is 7.05 Å². The van der Waals surface area contributed by atoms with Crippen molar-refractivity contribution < 1.29 is 4.79 Å². The molecule has 17 heavy (non-hydrogen) atoms. The highest BCUT2D eigenvalue weighted by atomic mass is 79.9. The van der Waals surface area contributed by atoms with E-state index >= 15 is 0 Å². The van der Waals surface area contributed by atoms with Crippen molar-refractivity contribution in [2.45, 2.75) is 6.92 Å². The van der Waals surface area contributed by atoms with E-state index in [0.717, 1.165) is 15.7 Å². The van der Waals surface area contributed by atoms with Crippen molar-refractivity contribution in [1.82, 2.24) is 15.0 Å². The van der Waals surface area contributed by atoms with Gasteiger partial charge in [0.25, 0.3) is 5.91 Å². The number of hydrogen-bond acceptors (Lipinski definition) is 3. The predicted octanol–water partition coefficient (Wildman–Crippen LogP) is 2.14. The van der Waals surface area contributed by atoms with E-state index in [1.165, 1.54) is 4.68 Å². The summed E-state index contributed by atoms with van der Waals surface area (Å²) in [7, 11) is 1.72. The van der Waals surface area contributed by atoms with Gasteiger partial charge in [0, 0.05) is 17.2 Å². The number of nitrogens with zero attached hydrogens (tertiary/aromatic N) is 3. The molecule has 0 aliphatic heterocycles. The molecule has 0 aliphatic rings. The maximum absolute atomic E-state index is 11.8. The molecule has 1 N–H and O–H groups in total. The molecule has 0 radical (unpaired) electrons. The minimum absolute atomic E-state index is 0.261. The number of aromatic nitrogens is 3. The Bertz CT molecular complexity index is 564. The van der Waals surface area contributed by atoms with Gasteiger partial charge >= 0.3 is 0 Å². The smallest absolute Gasteiger partial charge is 0.277 e. The molecule has 0 unspecified atom stereocenters. The molecule has 0 fully saturated rings. The third-order valence-electron chi connectivity index (χ3n) is 2.27. The van der Waals surface area contributed by atoms with E-state index in [2.05, 4.69) is 31.6 Å². The molecule has 6 heteroatoms. The third kappa shape index (κ3) is 2.71. The van der Waals surface area contributed by atoms with E-state index in [-0.39, 0.29) is 5.91 Å². The first kappa shape index (κ1) is 11.8. The average Bonchev–Trinajstić information content (AvgIpc) is 2.69. The lowest BCUT2D eigenvalue weighted by Gasteiger charge is -2.06. The summed E-state index contributed by atoms with van der Waals surface area (Å²) >= 11 is 3.37. The zero-order valence-electron chi connectivity index (χ0n) is 9.44. The summed E-state index contributed by atoms with van der Waals surface area (Å²) in [5, 5.41) is 10.3. The monoisotopic (exact) mass is 294 g/mol. The fraction of sp³-hybridized carbons (Fsp3) is 0.182. The van der Waals surface area contributed by atoms with Crippen LogP contribution in [0, 0.1) is 6.92 Å². The van der Waals surface area contributed by atoms with Crippen molar-refractivity contribution in [2.75, 3.05) is 5.32 Å². The van der Waals surface area contributed by atoms with Gasteiger partial charge in [-0.05, 0) is 30.7 Å². The molecule has 0 saturated carbocycles. The van der Waals surface area contributed by atoms with Crippen LogP contribution in [0.2, 0.25) is 0 Å². The number of carbonyl (C=O) groups is 1. The number of amides is 1. The summed E-state index contributed by atoms with van der Waals surface area (Å²) in [6, 6.07) is 5.65. The summed E-state index contributed by atoms with van der Waals surface area (Å²) in [4.78, 5) is 11.8. The van der Waals surface area contributed by atoms with Crippen LogP contribution in [0.5, 0.6) is 0 Å². The number of halogens is 1. The molecular formula is C11H11BrN4O. The molecule has 0 saturated heterocycles. The molecular weight excluding hydrogens is 284 g/mol. The van der Waals surface area contributed by atoms with E-state index in [9.17, 15) is 4.79 Å². The number of hydrogen-bond donors (Lipinski definition) is 1. The molecule has 88 valence electrons. The van der Waals surface area contributed by atoms with Gasteiger partial charge in [-0.2, -0.15) is 0 Å². The molecule has 2 aromatic rings. The lowest BCUT2D eigenvalue weighted by Crippen LogP contribution is -2.13. The number of benzene rings is 1. The van der Waals surface area contributed by atoms with Gasteiger partial charge in [0.05, 0.1) is 6.20 Å². The topological polar surface area (TPSA) is 59.8 Å². The van der Waals surface area contributed by atoms with Crippen LogP contribution < -0.4 is 5.32 Å². The second-order valence-electron chi connectivity index (χ2n) is 3.69. The van der Waals surface area contributed by atoms with Crippen molar-refractivity contribution in [1.29, 1.82) is 0 Å². The maximum atomic E-state index is 11.8. The van der Waals surface area contributed by atoms with Gasteiger partial charge < -0.3 is 5.32 Å². The van der Waals surface area contributed by atoms with Crippen LogP contribution in [-0.2, 0) is 7.05 Å². The Hall–Kier alpha value is -1.69. The summed E-state index contributed by atoms with van der Waals surface area (Å²) in [6.07, 6.45) is 1.57.